The van der Waals surface area contributed by atoms with E-state index in [1.807, 2.05) is 24.3 Å². The number of aliphatic hydroxyl groups is 1. The Morgan fingerprint density at radius 2 is 1.95 bits per heavy atom. The van der Waals surface area contributed by atoms with Crippen LogP contribution in [0.25, 0.3) is 0 Å². The number of esters is 1. The first-order chi connectivity index (χ1) is 9.52. The van der Waals surface area contributed by atoms with Crippen LogP contribution in [-0.4, -0.2) is 36.4 Å². The number of halogens is 1. The SMILES string of the molecule is CCOC(=O)CC1(O)CCN(c2ccc(Cl)cc2)CC1. The highest BCUT2D eigenvalue weighted by Gasteiger charge is 2.35. The fourth-order valence-corrected chi connectivity index (χ4v) is 2.62. The molecule has 0 bridgehead atoms. The Balaban J connectivity index is 1.91. The van der Waals surface area contributed by atoms with Crippen LogP contribution in [0, 0.1) is 0 Å². The predicted octanol–water partition coefficient (Wildman–Crippen LogP) is 2.62. The van der Waals surface area contributed by atoms with E-state index in [-0.39, 0.29) is 12.4 Å². The minimum atomic E-state index is -0.935. The summed E-state index contributed by atoms with van der Waals surface area (Å²) in [5.74, 6) is -0.324. The van der Waals surface area contributed by atoms with Gasteiger partial charge in [0.1, 0.15) is 0 Å². The normalized spacial score (nSPS) is 17.9. The molecule has 0 aliphatic carbocycles. The summed E-state index contributed by atoms with van der Waals surface area (Å²) in [4.78, 5) is 13.7. The molecule has 1 N–H and O–H groups in total. The van der Waals surface area contributed by atoms with Gasteiger partial charge in [-0.15, -0.1) is 0 Å². The van der Waals surface area contributed by atoms with E-state index in [9.17, 15) is 9.90 Å². The highest BCUT2D eigenvalue weighted by atomic mass is 35.5. The summed E-state index contributed by atoms with van der Waals surface area (Å²) in [7, 11) is 0. The van der Waals surface area contributed by atoms with Crippen LogP contribution in [-0.2, 0) is 9.53 Å². The number of hydrogen-bond donors (Lipinski definition) is 1. The van der Waals surface area contributed by atoms with Crippen LogP contribution >= 0.6 is 11.6 Å². The van der Waals surface area contributed by atoms with Crippen molar-refractivity contribution in [2.24, 2.45) is 0 Å². The third kappa shape index (κ3) is 3.87. The van der Waals surface area contributed by atoms with Crippen LogP contribution < -0.4 is 4.90 Å². The number of benzene rings is 1. The fraction of sp³-hybridized carbons (Fsp3) is 0.533. The lowest BCUT2D eigenvalue weighted by molar-refractivity contribution is -0.149. The van der Waals surface area contributed by atoms with E-state index >= 15 is 0 Å². The minimum absolute atomic E-state index is 0.0787. The van der Waals surface area contributed by atoms with Crippen molar-refractivity contribution in [1.29, 1.82) is 0 Å². The average Bonchev–Trinajstić information content (AvgIpc) is 2.40. The second-order valence-corrected chi connectivity index (χ2v) is 5.61. The molecule has 1 heterocycles. The van der Waals surface area contributed by atoms with E-state index in [2.05, 4.69) is 4.90 Å². The molecule has 1 aromatic rings. The highest BCUT2D eigenvalue weighted by molar-refractivity contribution is 6.30. The molecule has 0 saturated carbocycles. The van der Waals surface area contributed by atoms with Gasteiger partial charge in [-0.3, -0.25) is 4.79 Å². The summed E-state index contributed by atoms with van der Waals surface area (Å²) < 4.78 is 4.91. The summed E-state index contributed by atoms with van der Waals surface area (Å²) in [6, 6.07) is 7.66. The zero-order valence-electron chi connectivity index (χ0n) is 11.6. The molecule has 5 heteroatoms. The summed E-state index contributed by atoms with van der Waals surface area (Å²) in [6.07, 6.45) is 1.21. The molecule has 1 aromatic carbocycles. The van der Waals surface area contributed by atoms with E-state index in [0.29, 0.717) is 24.5 Å². The van der Waals surface area contributed by atoms with E-state index in [4.69, 9.17) is 16.3 Å². The first-order valence-electron chi connectivity index (χ1n) is 6.91. The largest absolute Gasteiger partial charge is 0.466 e. The fourth-order valence-electron chi connectivity index (χ4n) is 2.49. The van der Waals surface area contributed by atoms with Gasteiger partial charge in [-0.25, -0.2) is 0 Å². The van der Waals surface area contributed by atoms with E-state index in [1.165, 1.54) is 0 Å². The summed E-state index contributed by atoms with van der Waals surface area (Å²) in [5.41, 5.74) is 0.155. The smallest absolute Gasteiger partial charge is 0.308 e. The van der Waals surface area contributed by atoms with Crippen molar-refractivity contribution in [3.8, 4) is 0 Å². The number of nitrogens with zero attached hydrogens (tertiary/aromatic N) is 1. The third-order valence-electron chi connectivity index (χ3n) is 3.66. The lowest BCUT2D eigenvalue weighted by Gasteiger charge is -2.38. The number of ether oxygens (including phenoxy) is 1. The maximum Gasteiger partial charge on any atom is 0.308 e. The second-order valence-electron chi connectivity index (χ2n) is 5.17. The van der Waals surface area contributed by atoms with Gasteiger partial charge in [0, 0.05) is 23.8 Å². The molecule has 110 valence electrons. The van der Waals surface area contributed by atoms with Crippen LogP contribution in [0.4, 0.5) is 5.69 Å². The lowest BCUT2D eigenvalue weighted by atomic mass is 9.88. The van der Waals surface area contributed by atoms with Crippen molar-refractivity contribution in [2.45, 2.75) is 31.8 Å². The predicted molar refractivity (Wildman–Crippen MR) is 79.1 cm³/mol. The first-order valence-corrected chi connectivity index (χ1v) is 7.29. The molecule has 20 heavy (non-hydrogen) atoms. The van der Waals surface area contributed by atoms with Gasteiger partial charge >= 0.3 is 5.97 Å². The molecular formula is C15H20ClNO3. The number of carbonyl (C=O) groups excluding carboxylic acids is 1. The average molecular weight is 298 g/mol. The van der Waals surface area contributed by atoms with Gasteiger partial charge in [0.05, 0.1) is 18.6 Å². The van der Waals surface area contributed by atoms with Gasteiger partial charge in [0.2, 0.25) is 0 Å². The molecule has 1 aliphatic rings. The van der Waals surface area contributed by atoms with Crippen LogP contribution in [0.15, 0.2) is 24.3 Å². The Kier molecular flexibility index (Phi) is 4.89. The molecule has 1 saturated heterocycles. The van der Waals surface area contributed by atoms with Crippen LogP contribution in [0.1, 0.15) is 26.2 Å². The molecule has 0 amide bonds. The van der Waals surface area contributed by atoms with Crippen molar-refractivity contribution in [3.05, 3.63) is 29.3 Å². The molecule has 2 rings (SSSR count). The summed E-state index contributed by atoms with van der Waals surface area (Å²) >= 11 is 5.87. The van der Waals surface area contributed by atoms with E-state index < -0.39 is 5.60 Å². The second kappa shape index (κ2) is 6.46. The monoisotopic (exact) mass is 297 g/mol. The Labute approximate surface area is 124 Å². The highest BCUT2D eigenvalue weighted by Crippen LogP contribution is 2.29. The quantitative estimate of drug-likeness (QED) is 0.868. The molecule has 0 atom stereocenters. The number of hydrogen-bond acceptors (Lipinski definition) is 4. The van der Waals surface area contributed by atoms with Crippen molar-refractivity contribution in [2.75, 3.05) is 24.6 Å². The van der Waals surface area contributed by atoms with Crippen molar-refractivity contribution >= 4 is 23.3 Å². The molecule has 0 unspecified atom stereocenters. The minimum Gasteiger partial charge on any atom is -0.466 e. The number of rotatable bonds is 4. The Morgan fingerprint density at radius 3 is 2.50 bits per heavy atom. The maximum atomic E-state index is 11.5. The van der Waals surface area contributed by atoms with Gasteiger partial charge in [0.25, 0.3) is 0 Å². The van der Waals surface area contributed by atoms with E-state index in [0.717, 1.165) is 18.8 Å². The Bertz CT molecular complexity index is 453. The zero-order chi connectivity index (χ0) is 14.6. The van der Waals surface area contributed by atoms with E-state index in [1.54, 1.807) is 6.92 Å². The standard InChI is InChI=1S/C15H20ClNO3/c1-2-20-14(18)11-15(19)7-9-17(10-8-15)13-5-3-12(16)4-6-13/h3-6,19H,2,7-11H2,1H3. The molecule has 0 aromatic heterocycles. The number of carbonyl (C=O) groups is 1. The maximum absolute atomic E-state index is 11.5. The van der Waals surface area contributed by atoms with Crippen LogP contribution in [0.2, 0.25) is 5.02 Å². The molecular weight excluding hydrogens is 278 g/mol. The van der Waals surface area contributed by atoms with Gasteiger partial charge in [0.15, 0.2) is 0 Å². The third-order valence-corrected chi connectivity index (χ3v) is 3.92. The first kappa shape index (κ1) is 15.1. The molecule has 1 fully saturated rings. The van der Waals surface area contributed by atoms with Crippen LogP contribution in [0.5, 0.6) is 0 Å². The number of anilines is 1. The number of piperidine rings is 1. The molecule has 0 spiro atoms. The van der Waals surface area contributed by atoms with Crippen molar-refractivity contribution in [1.82, 2.24) is 0 Å². The molecule has 1 aliphatic heterocycles. The Hall–Kier alpha value is -1.26. The van der Waals surface area contributed by atoms with Crippen LogP contribution in [0.3, 0.4) is 0 Å². The van der Waals surface area contributed by atoms with Gasteiger partial charge < -0.3 is 14.7 Å². The van der Waals surface area contributed by atoms with Crippen molar-refractivity contribution < 1.29 is 14.6 Å². The summed E-state index contributed by atoms with van der Waals surface area (Å²) in [5, 5.41) is 11.1. The lowest BCUT2D eigenvalue weighted by Crippen LogP contribution is -2.45. The Morgan fingerprint density at radius 1 is 1.35 bits per heavy atom. The van der Waals surface area contributed by atoms with Gasteiger partial charge in [-0.1, -0.05) is 11.6 Å². The van der Waals surface area contributed by atoms with Gasteiger partial charge in [-0.2, -0.15) is 0 Å². The molecule has 0 radical (unpaired) electrons. The molecule has 4 nitrogen and oxygen atoms in total. The van der Waals surface area contributed by atoms with Crippen molar-refractivity contribution in [3.63, 3.8) is 0 Å². The summed E-state index contributed by atoms with van der Waals surface area (Å²) in [6.45, 7) is 3.56. The topological polar surface area (TPSA) is 49.8 Å². The van der Waals surface area contributed by atoms with Gasteiger partial charge in [-0.05, 0) is 44.0 Å². The zero-order valence-corrected chi connectivity index (χ0v) is 12.4.